The fourth-order valence-corrected chi connectivity index (χ4v) is 11.6. The van der Waals surface area contributed by atoms with Crippen molar-refractivity contribution in [3.8, 4) is 0 Å². The van der Waals surface area contributed by atoms with Gasteiger partial charge in [0.1, 0.15) is 0 Å². The van der Waals surface area contributed by atoms with Gasteiger partial charge in [0.05, 0.1) is 13.5 Å². The molecule has 5 fully saturated rings. The van der Waals surface area contributed by atoms with E-state index in [9.17, 15) is 14.7 Å². The molecule has 5 nitrogen and oxygen atoms in total. The predicted octanol–water partition coefficient (Wildman–Crippen LogP) is 10.2. The van der Waals surface area contributed by atoms with Gasteiger partial charge in [-0.05, 0) is 124 Å². The zero-order valence-corrected chi connectivity index (χ0v) is 32.1. The molecule has 8 atom stereocenters. The highest BCUT2D eigenvalue weighted by atomic mass is 16.5. The molecule has 1 aliphatic heterocycles. The lowest BCUT2D eigenvalue weighted by Crippen LogP contribution is -2.70. The number of ether oxygens (including phenoxy) is 1. The number of aliphatic hydroxyl groups is 1. The maximum atomic E-state index is 13.3. The number of carbonyl (C=O) groups is 2. The molecule has 1 N–H and O–H groups in total. The lowest BCUT2D eigenvalue weighted by molar-refractivity contribution is -0.241. The number of hydrogen-bond acceptors (Lipinski definition) is 4. The summed E-state index contributed by atoms with van der Waals surface area (Å²) in [5, 5.41) is 10.5. The van der Waals surface area contributed by atoms with E-state index in [4.69, 9.17) is 4.74 Å². The number of piperidine rings is 1. The van der Waals surface area contributed by atoms with Crippen molar-refractivity contribution >= 4 is 11.9 Å². The smallest absolute Gasteiger partial charge is 0.306 e. The molecule has 4 aliphatic carbocycles. The van der Waals surface area contributed by atoms with Gasteiger partial charge in [-0.1, -0.05) is 74.8 Å². The molecule has 1 saturated heterocycles. The Bertz CT molecular complexity index is 947. The largest absolute Gasteiger partial charge is 0.469 e. The molecule has 45 heavy (non-hydrogen) atoms. The summed E-state index contributed by atoms with van der Waals surface area (Å²) >= 11 is 0. The number of esters is 1. The van der Waals surface area contributed by atoms with Crippen molar-refractivity contribution < 1.29 is 19.4 Å². The molecule has 264 valence electrons. The van der Waals surface area contributed by atoms with Crippen molar-refractivity contribution in [2.75, 3.05) is 20.3 Å². The molecule has 0 bridgehead atoms. The van der Waals surface area contributed by atoms with E-state index >= 15 is 0 Å². The third-order valence-electron chi connectivity index (χ3n) is 13.6. The van der Waals surface area contributed by atoms with Gasteiger partial charge < -0.3 is 14.7 Å². The summed E-state index contributed by atoms with van der Waals surface area (Å²) in [6.07, 6.45) is 14.6. The summed E-state index contributed by atoms with van der Waals surface area (Å²) in [7, 11) is 1.39. The third kappa shape index (κ3) is 7.24. The second-order valence-electron chi connectivity index (χ2n) is 15.1. The van der Waals surface area contributed by atoms with Crippen LogP contribution in [0.1, 0.15) is 160 Å². The monoisotopic (exact) mass is 634 g/mol. The molecule has 0 radical (unpaired) electrons. The van der Waals surface area contributed by atoms with Crippen LogP contribution in [0.3, 0.4) is 0 Å². The SMILES string of the molecule is C=CC.CC.CC.CC.COC(=O)CCC(=O)N1CCC2(C)C(CCC3(C)C2CCC2[C@H]4CCCC4(CO)CC[C@]23C)C1(C)C. The lowest BCUT2D eigenvalue weighted by atomic mass is 9.33. The first kappa shape index (κ1) is 41.7. The van der Waals surface area contributed by atoms with Crippen LogP contribution < -0.4 is 0 Å². The minimum Gasteiger partial charge on any atom is -0.469 e. The number of fused-ring (bicyclic) bond motifs is 7. The Hall–Kier alpha value is -1.36. The van der Waals surface area contributed by atoms with Gasteiger partial charge in [0, 0.05) is 25.1 Å². The van der Waals surface area contributed by atoms with Gasteiger partial charge in [-0.2, -0.15) is 0 Å². The van der Waals surface area contributed by atoms with E-state index in [1.165, 1.54) is 64.9 Å². The van der Waals surface area contributed by atoms with Crippen LogP contribution in [0.4, 0.5) is 0 Å². The number of likely N-dealkylation sites (tertiary alicyclic amines) is 1. The highest BCUT2D eigenvalue weighted by Crippen LogP contribution is 2.76. The minimum absolute atomic E-state index is 0.102. The van der Waals surface area contributed by atoms with Crippen LogP contribution in [-0.2, 0) is 14.3 Å². The van der Waals surface area contributed by atoms with Gasteiger partial charge in [-0.15, -0.1) is 6.58 Å². The standard InChI is InChI=1S/C31H51NO4.C3H6.3C2H6/c1-27(2)23-13-15-30(5)24(28(23,3)18-19-32(27)25(34)11-12-26(35)36-6)10-9-21-22-8-7-14-31(22,20-33)17-16-29(21,30)4;1-3-2;3*1-2/h21-24,33H,7-20H2,1-6H3;3H,1H2,2H3;3*1-2H3/t21?,22-,23?,24?,28?,29-,30?,31?;;;;/m1..../s1. The first-order chi connectivity index (χ1) is 21.3. The first-order valence-corrected chi connectivity index (χ1v) is 18.9. The van der Waals surface area contributed by atoms with Crippen molar-refractivity contribution in [2.24, 2.45) is 45.3 Å². The van der Waals surface area contributed by atoms with Crippen molar-refractivity contribution in [1.29, 1.82) is 0 Å². The minimum atomic E-state index is -0.304. The Morgan fingerprint density at radius 2 is 1.40 bits per heavy atom. The fourth-order valence-electron chi connectivity index (χ4n) is 11.6. The van der Waals surface area contributed by atoms with Gasteiger partial charge in [-0.3, -0.25) is 9.59 Å². The molecule has 6 unspecified atom stereocenters. The van der Waals surface area contributed by atoms with Gasteiger partial charge in [0.25, 0.3) is 0 Å². The number of amides is 1. The zero-order chi connectivity index (χ0) is 34.9. The highest BCUT2D eigenvalue weighted by molar-refractivity contribution is 5.82. The van der Waals surface area contributed by atoms with Crippen LogP contribution in [0.5, 0.6) is 0 Å². The Morgan fingerprint density at radius 1 is 0.800 bits per heavy atom. The summed E-state index contributed by atoms with van der Waals surface area (Å²) in [4.78, 5) is 27.0. The third-order valence-corrected chi connectivity index (χ3v) is 13.6. The fraction of sp³-hybridized carbons (Fsp3) is 0.900. The second kappa shape index (κ2) is 17.2. The molecular formula is C40H75NO4. The van der Waals surface area contributed by atoms with Crippen LogP contribution in [0.15, 0.2) is 12.7 Å². The van der Waals surface area contributed by atoms with Gasteiger partial charge >= 0.3 is 5.97 Å². The van der Waals surface area contributed by atoms with Gasteiger partial charge in [0.2, 0.25) is 5.91 Å². The topological polar surface area (TPSA) is 66.8 Å². The number of hydrogen-bond donors (Lipinski definition) is 1. The summed E-state index contributed by atoms with van der Waals surface area (Å²) in [5.41, 5.74) is 0.883. The Balaban J connectivity index is 0.00000103. The second-order valence-corrected chi connectivity index (χ2v) is 15.1. The van der Waals surface area contributed by atoms with Gasteiger partial charge in [-0.25, -0.2) is 0 Å². The van der Waals surface area contributed by atoms with E-state index in [1.807, 2.05) is 48.5 Å². The number of aliphatic hydroxyl groups excluding tert-OH is 1. The Labute approximate surface area is 279 Å². The maximum absolute atomic E-state index is 13.3. The Kier molecular flexibility index (Phi) is 15.9. The normalized spacial score (nSPS) is 38.5. The molecule has 5 aliphatic rings. The lowest BCUT2D eigenvalue weighted by Gasteiger charge is -2.73. The van der Waals surface area contributed by atoms with E-state index in [-0.39, 0.29) is 41.1 Å². The van der Waals surface area contributed by atoms with E-state index < -0.39 is 0 Å². The zero-order valence-electron chi connectivity index (χ0n) is 32.1. The van der Waals surface area contributed by atoms with Crippen molar-refractivity contribution in [1.82, 2.24) is 4.90 Å². The number of carbonyl (C=O) groups excluding carboxylic acids is 2. The van der Waals surface area contributed by atoms with Crippen LogP contribution in [0, 0.1) is 45.3 Å². The Morgan fingerprint density at radius 3 is 1.96 bits per heavy atom. The van der Waals surface area contributed by atoms with E-state index in [0.29, 0.717) is 35.2 Å². The van der Waals surface area contributed by atoms with E-state index in [2.05, 4.69) is 46.1 Å². The van der Waals surface area contributed by atoms with Crippen LogP contribution in [0.25, 0.3) is 0 Å². The molecule has 0 aromatic carbocycles. The quantitative estimate of drug-likeness (QED) is 0.247. The first-order valence-electron chi connectivity index (χ1n) is 18.9. The van der Waals surface area contributed by atoms with Crippen LogP contribution in [0.2, 0.25) is 0 Å². The van der Waals surface area contributed by atoms with Crippen molar-refractivity contribution in [2.45, 2.75) is 166 Å². The number of allylic oxidation sites excluding steroid dienone is 1. The van der Waals surface area contributed by atoms with Crippen LogP contribution >= 0.6 is 0 Å². The molecule has 1 amide bonds. The summed E-state index contributed by atoms with van der Waals surface area (Å²) in [5.74, 6) is 2.41. The highest BCUT2D eigenvalue weighted by Gasteiger charge is 2.69. The number of methoxy groups -OCH3 is 1. The summed E-state index contributed by atoms with van der Waals surface area (Å²) in [6.45, 7) is 30.9. The van der Waals surface area contributed by atoms with Crippen molar-refractivity contribution in [3.63, 3.8) is 0 Å². The molecular weight excluding hydrogens is 558 g/mol. The summed E-state index contributed by atoms with van der Waals surface area (Å²) < 4.78 is 4.78. The molecule has 0 aromatic rings. The van der Waals surface area contributed by atoms with E-state index in [1.54, 1.807) is 6.08 Å². The molecule has 0 spiro atoms. The average Bonchev–Trinajstić information content (AvgIpc) is 3.48. The maximum Gasteiger partial charge on any atom is 0.306 e. The number of rotatable bonds is 4. The van der Waals surface area contributed by atoms with Crippen LogP contribution in [-0.4, -0.2) is 47.7 Å². The predicted molar refractivity (Wildman–Crippen MR) is 191 cm³/mol. The number of nitrogens with zero attached hydrogens (tertiary/aromatic N) is 1. The van der Waals surface area contributed by atoms with Gasteiger partial charge in [0.15, 0.2) is 0 Å². The summed E-state index contributed by atoms with van der Waals surface area (Å²) in [6, 6.07) is 0. The average molecular weight is 634 g/mol. The molecule has 5 rings (SSSR count). The molecule has 4 saturated carbocycles. The van der Waals surface area contributed by atoms with Crippen molar-refractivity contribution in [3.05, 3.63) is 12.7 Å². The van der Waals surface area contributed by atoms with E-state index in [0.717, 1.165) is 18.9 Å². The molecule has 0 aromatic heterocycles. The molecule has 5 heteroatoms. The molecule has 1 heterocycles.